The van der Waals surface area contributed by atoms with Gasteiger partial charge >= 0.3 is 0 Å². The van der Waals surface area contributed by atoms with Crippen molar-refractivity contribution in [1.29, 1.82) is 0 Å². The molecule has 37 valence electrons. The lowest BCUT2D eigenvalue weighted by atomic mass is 10.5. The predicted molar refractivity (Wildman–Crippen MR) is 29.6 cm³/mol. The molecule has 0 aliphatic rings. The quantitative estimate of drug-likeness (QED) is 0.372. The summed E-state index contributed by atoms with van der Waals surface area (Å²) in [6.45, 7) is 1.88. The summed E-state index contributed by atoms with van der Waals surface area (Å²) < 4.78 is 0. The van der Waals surface area contributed by atoms with Crippen LogP contribution in [0.1, 0.15) is 6.92 Å². The van der Waals surface area contributed by atoms with Gasteiger partial charge in [0.2, 0.25) is 6.29 Å². The second kappa shape index (κ2) is 5.15. The Balaban J connectivity index is 3.27. The van der Waals surface area contributed by atoms with Crippen molar-refractivity contribution in [2.45, 2.75) is 6.92 Å². The maximum atomic E-state index is 9.43. The van der Waals surface area contributed by atoms with Gasteiger partial charge < -0.3 is 0 Å². The first-order valence-corrected chi connectivity index (χ1v) is 2.07. The Bertz CT molecular complexity index is 90.4. The van der Waals surface area contributed by atoms with E-state index in [2.05, 4.69) is 0 Å². The molecular formula is C6H7O. The lowest BCUT2D eigenvalue weighted by Crippen LogP contribution is -1.53. The van der Waals surface area contributed by atoms with Gasteiger partial charge in [0.05, 0.1) is 0 Å². The Morgan fingerprint density at radius 3 is 2.57 bits per heavy atom. The zero-order valence-electron chi connectivity index (χ0n) is 4.22. The highest BCUT2D eigenvalue weighted by Gasteiger charge is 1.57. The summed E-state index contributed by atoms with van der Waals surface area (Å²) in [5.74, 6) is 0. The molecule has 0 aromatic rings. The number of rotatable bonds is 2. The van der Waals surface area contributed by atoms with Crippen molar-refractivity contribution in [2.75, 3.05) is 0 Å². The number of carbonyl (C=O) groups excluding carboxylic acids is 1. The Morgan fingerprint density at radius 1 is 1.43 bits per heavy atom. The zero-order valence-corrected chi connectivity index (χ0v) is 4.22. The molecule has 0 aromatic carbocycles. The van der Waals surface area contributed by atoms with E-state index in [1.165, 1.54) is 6.08 Å². The minimum Gasteiger partial charge on any atom is -0.286 e. The third-order valence-electron chi connectivity index (χ3n) is 0.468. The van der Waals surface area contributed by atoms with Gasteiger partial charge in [-0.2, -0.15) is 0 Å². The van der Waals surface area contributed by atoms with Crippen LogP contribution >= 0.6 is 0 Å². The molecule has 0 unspecified atom stereocenters. The van der Waals surface area contributed by atoms with Gasteiger partial charge in [0.1, 0.15) is 0 Å². The van der Waals surface area contributed by atoms with Gasteiger partial charge in [-0.25, -0.2) is 0 Å². The van der Waals surface area contributed by atoms with Crippen molar-refractivity contribution in [3.63, 3.8) is 0 Å². The summed E-state index contributed by atoms with van der Waals surface area (Å²) in [5.41, 5.74) is 0. The number of hydrogen-bond donors (Lipinski definition) is 0. The molecule has 7 heavy (non-hydrogen) atoms. The highest BCUT2D eigenvalue weighted by Crippen LogP contribution is 1.70. The molecule has 0 spiro atoms. The molecule has 0 amide bonds. The first-order chi connectivity index (χ1) is 3.41. The number of hydrogen-bond acceptors (Lipinski definition) is 1. The van der Waals surface area contributed by atoms with Crippen LogP contribution in [-0.4, -0.2) is 6.29 Å². The molecule has 1 radical (unpaired) electrons. The van der Waals surface area contributed by atoms with Crippen LogP contribution < -0.4 is 0 Å². The summed E-state index contributed by atoms with van der Waals surface area (Å²) in [4.78, 5) is 9.43. The highest BCUT2D eigenvalue weighted by molar-refractivity contribution is 5.66. The maximum Gasteiger partial charge on any atom is 0.225 e. The largest absolute Gasteiger partial charge is 0.286 e. The van der Waals surface area contributed by atoms with Crippen molar-refractivity contribution < 1.29 is 4.79 Å². The molecule has 0 aliphatic heterocycles. The van der Waals surface area contributed by atoms with E-state index in [-0.39, 0.29) is 0 Å². The van der Waals surface area contributed by atoms with Crippen LogP contribution in [0.3, 0.4) is 0 Å². The van der Waals surface area contributed by atoms with Gasteiger partial charge in [-0.15, -0.1) is 0 Å². The topological polar surface area (TPSA) is 17.1 Å². The zero-order chi connectivity index (χ0) is 5.54. The molecule has 0 saturated carbocycles. The molecular weight excluding hydrogens is 88.1 g/mol. The van der Waals surface area contributed by atoms with Crippen LogP contribution in [0.2, 0.25) is 0 Å². The molecule has 0 aliphatic carbocycles. The molecule has 0 atom stereocenters. The first kappa shape index (κ1) is 6.15. The van der Waals surface area contributed by atoms with Crippen molar-refractivity contribution in [2.24, 2.45) is 0 Å². The lowest BCUT2D eigenvalue weighted by Gasteiger charge is -1.61. The normalized spacial score (nSPS) is 11.0. The molecule has 0 aromatic heterocycles. The van der Waals surface area contributed by atoms with Gasteiger partial charge in [0, 0.05) is 0 Å². The second-order valence-electron chi connectivity index (χ2n) is 1.00. The Morgan fingerprint density at radius 2 is 2.14 bits per heavy atom. The van der Waals surface area contributed by atoms with Crippen LogP contribution in [-0.2, 0) is 4.79 Å². The molecule has 0 fully saturated rings. The van der Waals surface area contributed by atoms with Crippen molar-refractivity contribution >= 4 is 6.29 Å². The monoisotopic (exact) mass is 95.0 g/mol. The average molecular weight is 95.1 g/mol. The van der Waals surface area contributed by atoms with E-state index in [0.29, 0.717) is 0 Å². The van der Waals surface area contributed by atoms with E-state index in [4.69, 9.17) is 0 Å². The SMILES string of the molecule is CC=CC=C[C]=O. The van der Waals surface area contributed by atoms with Gasteiger partial charge in [0.15, 0.2) is 0 Å². The summed E-state index contributed by atoms with van der Waals surface area (Å²) >= 11 is 0. The Hall–Kier alpha value is -0.850. The van der Waals surface area contributed by atoms with Crippen LogP contribution in [0.25, 0.3) is 0 Å². The van der Waals surface area contributed by atoms with E-state index in [9.17, 15) is 4.79 Å². The number of allylic oxidation sites excluding steroid dienone is 4. The Labute approximate surface area is 43.3 Å². The fourth-order valence-corrected chi connectivity index (χ4v) is 0.206. The molecule has 1 nitrogen and oxygen atoms in total. The molecule has 1 heteroatoms. The molecule has 0 N–H and O–H groups in total. The summed E-state index contributed by atoms with van der Waals surface area (Å²) in [6.07, 6.45) is 8.18. The summed E-state index contributed by atoms with van der Waals surface area (Å²) in [5, 5.41) is 0. The Kier molecular flexibility index (Phi) is 4.52. The summed E-state index contributed by atoms with van der Waals surface area (Å²) in [7, 11) is 0. The fraction of sp³-hybridized carbons (Fsp3) is 0.167. The van der Waals surface area contributed by atoms with Crippen LogP contribution in [0.15, 0.2) is 24.3 Å². The van der Waals surface area contributed by atoms with E-state index in [0.717, 1.165) is 0 Å². The standard InChI is InChI=1S/C6H7O/c1-2-3-4-5-6-7/h2-5H,1H3. The van der Waals surface area contributed by atoms with E-state index < -0.39 is 0 Å². The van der Waals surface area contributed by atoms with Gasteiger partial charge in [-0.3, -0.25) is 4.79 Å². The van der Waals surface area contributed by atoms with Gasteiger partial charge in [-0.1, -0.05) is 18.2 Å². The fourth-order valence-electron chi connectivity index (χ4n) is 0.206. The third kappa shape index (κ3) is 5.15. The molecule has 0 saturated heterocycles. The molecule has 0 bridgehead atoms. The summed E-state index contributed by atoms with van der Waals surface area (Å²) in [6, 6.07) is 0. The van der Waals surface area contributed by atoms with Crippen LogP contribution in [0.4, 0.5) is 0 Å². The van der Waals surface area contributed by atoms with Crippen LogP contribution in [0.5, 0.6) is 0 Å². The minimum absolute atomic E-state index is 1.32. The van der Waals surface area contributed by atoms with Gasteiger partial charge in [-0.05, 0) is 13.0 Å². The minimum atomic E-state index is 1.32. The maximum absolute atomic E-state index is 9.43. The van der Waals surface area contributed by atoms with Crippen molar-refractivity contribution in [3.05, 3.63) is 24.3 Å². The average Bonchev–Trinajstić information content (AvgIpc) is 1.69. The third-order valence-corrected chi connectivity index (χ3v) is 0.468. The first-order valence-electron chi connectivity index (χ1n) is 2.07. The van der Waals surface area contributed by atoms with Crippen LogP contribution in [0, 0.1) is 0 Å². The van der Waals surface area contributed by atoms with E-state index in [1.807, 2.05) is 13.0 Å². The van der Waals surface area contributed by atoms with Crippen molar-refractivity contribution in [1.82, 2.24) is 0 Å². The highest BCUT2D eigenvalue weighted by atomic mass is 16.1. The second-order valence-corrected chi connectivity index (χ2v) is 1.00. The van der Waals surface area contributed by atoms with Crippen molar-refractivity contribution in [3.8, 4) is 0 Å². The smallest absolute Gasteiger partial charge is 0.225 e. The molecule has 0 heterocycles. The van der Waals surface area contributed by atoms with E-state index in [1.54, 1.807) is 18.4 Å². The lowest BCUT2D eigenvalue weighted by molar-refractivity contribution is 0.564. The molecule has 0 rings (SSSR count). The van der Waals surface area contributed by atoms with Gasteiger partial charge in [0.25, 0.3) is 0 Å². The predicted octanol–water partition coefficient (Wildman–Crippen LogP) is 1.23. The van der Waals surface area contributed by atoms with E-state index >= 15 is 0 Å².